The first-order valence-electron chi connectivity index (χ1n) is 8.68. The minimum absolute atomic E-state index is 0.283. The zero-order valence-corrected chi connectivity index (χ0v) is 15.6. The van der Waals surface area contributed by atoms with Crippen molar-refractivity contribution in [2.75, 3.05) is 14.2 Å². The molecule has 0 N–H and O–H groups in total. The van der Waals surface area contributed by atoms with Gasteiger partial charge in [-0.25, -0.2) is 9.18 Å². The molecule has 4 aromatic rings. The molecule has 0 fully saturated rings. The first-order valence-corrected chi connectivity index (χ1v) is 8.68. The van der Waals surface area contributed by atoms with Gasteiger partial charge in [0, 0.05) is 23.1 Å². The molecule has 0 spiro atoms. The number of rotatable bonds is 5. The number of aromatic nitrogens is 1. The average Bonchev–Trinajstić information content (AvgIpc) is 3.17. The molecule has 0 aliphatic carbocycles. The number of ether oxygens (including phenoxy) is 3. The van der Waals surface area contributed by atoms with E-state index in [1.165, 1.54) is 26.4 Å². The summed E-state index contributed by atoms with van der Waals surface area (Å²) < 4.78 is 34.3. The Labute approximate surface area is 165 Å². The molecule has 1 aromatic heterocycles. The summed E-state index contributed by atoms with van der Waals surface area (Å²) in [6, 6.07) is 15.7. The van der Waals surface area contributed by atoms with E-state index in [2.05, 4.69) is 5.16 Å². The Morgan fingerprint density at radius 1 is 0.897 bits per heavy atom. The van der Waals surface area contributed by atoms with Crippen molar-refractivity contribution in [3.05, 3.63) is 72.0 Å². The predicted octanol–water partition coefficient (Wildman–Crippen LogP) is 4.87. The first-order chi connectivity index (χ1) is 14.1. The fourth-order valence-electron chi connectivity index (χ4n) is 2.89. The van der Waals surface area contributed by atoms with Crippen molar-refractivity contribution in [2.24, 2.45) is 0 Å². The van der Waals surface area contributed by atoms with Crippen molar-refractivity contribution < 1.29 is 27.9 Å². The van der Waals surface area contributed by atoms with Crippen LogP contribution in [0.1, 0.15) is 10.4 Å². The van der Waals surface area contributed by atoms with Crippen LogP contribution in [0.3, 0.4) is 0 Å². The van der Waals surface area contributed by atoms with Crippen LogP contribution in [0, 0.1) is 5.82 Å². The molecule has 0 atom stereocenters. The Bertz CT molecular complexity index is 1160. The van der Waals surface area contributed by atoms with Gasteiger partial charge in [-0.1, -0.05) is 5.16 Å². The van der Waals surface area contributed by atoms with Crippen LogP contribution >= 0.6 is 0 Å². The van der Waals surface area contributed by atoms with E-state index in [-0.39, 0.29) is 11.4 Å². The third kappa shape index (κ3) is 3.75. The molecule has 0 bridgehead atoms. The van der Waals surface area contributed by atoms with Gasteiger partial charge in [-0.05, 0) is 48.5 Å². The maximum atomic E-state index is 13.1. The number of carbonyl (C=O) groups excluding carboxylic acids is 1. The van der Waals surface area contributed by atoms with E-state index in [9.17, 15) is 9.18 Å². The van der Waals surface area contributed by atoms with Gasteiger partial charge in [0.2, 0.25) is 0 Å². The molecular formula is C22H16FNO5. The van der Waals surface area contributed by atoms with Crippen molar-refractivity contribution in [3.63, 3.8) is 0 Å². The second-order valence-corrected chi connectivity index (χ2v) is 6.19. The molecule has 0 saturated carbocycles. The summed E-state index contributed by atoms with van der Waals surface area (Å²) in [7, 11) is 3.00. The normalized spacial score (nSPS) is 10.7. The summed E-state index contributed by atoms with van der Waals surface area (Å²) in [5.41, 5.74) is 2.03. The minimum atomic E-state index is -0.570. The molecule has 29 heavy (non-hydrogen) atoms. The molecule has 3 aromatic carbocycles. The van der Waals surface area contributed by atoms with Gasteiger partial charge in [0.1, 0.15) is 28.8 Å². The van der Waals surface area contributed by atoms with Gasteiger partial charge in [0.25, 0.3) is 0 Å². The molecule has 0 saturated heterocycles. The smallest absolute Gasteiger partial charge is 0.343 e. The fourth-order valence-corrected chi connectivity index (χ4v) is 2.89. The topological polar surface area (TPSA) is 70.8 Å². The summed E-state index contributed by atoms with van der Waals surface area (Å²) in [6.07, 6.45) is 0. The lowest BCUT2D eigenvalue weighted by atomic mass is 10.1. The number of hydrogen-bond donors (Lipinski definition) is 0. The van der Waals surface area contributed by atoms with Crippen LogP contribution in [0.25, 0.3) is 22.2 Å². The zero-order chi connectivity index (χ0) is 20.4. The SMILES string of the molecule is COc1cc(OC)cc(C(=O)Oc2ccc3c(-c4ccc(F)cc4)noc3c2)c1. The van der Waals surface area contributed by atoms with E-state index in [0.717, 1.165) is 10.9 Å². The van der Waals surface area contributed by atoms with Gasteiger partial charge in [0.05, 0.1) is 19.8 Å². The zero-order valence-electron chi connectivity index (χ0n) is 15.6. The Hall–Kier alpha value is -3.87. The lowest BCUT2D eigenvalue weighted by Crippen LogP contribution is -2.09. The van der Waals surface area contributed by atoms with Gasteiger partial charge >= 0.3 is 5.97 Å². The van der Waals surface area contributed by atoms with E-state index in [0.29, 0.717) is 28.5 Å². The second-order valence-electron chi connectivity index (χ2n) is 6.19. The van der Waals surface area contributed by atoms with Crippen molar-refractivity contribution in [3.8, 4) is 28.5 Å². The standard InChI is InChI=1S/C22H16FNO5/c1-26-17-9-14(10-18(11-17)27-2)22(25)28-16-7-8-19-20(12-16)29-24-21(19)13-3-5-15(23)6-4-13/h3-12H,1-2H3. The maximum Gasteiger partial charge on any atom is 0.343 e. The molecule has 7 heteroatoms. The van der Waals surface area contributed by atoms with Crippen molar-refractivity contribution in [1.29, 1.82) is 0 Å². The second kappa shape index (κ2) is 7.63. The van der Waals surface area contributed by atoms with Gasteiger partial charge in [-0.3, -0.25) is 0 Å². The summed E-state index contributed by atoms with van der Waals surface area (Å²) in [4.78, 5) is 12.5. The number of benzene rings is 3. The Morgan fingerprint density at radius 2 is 1.59 bits per heavy atom. The van der Waals surface area contributed by atoms with Crippen LogP contribution < -0.4 is 14.2 Å². The molecule has 0 amide bonds. The number of halogens is 1. The highest BCUT2D eigenvalue weighted by molar-refractivity contribution is 5.94. The molecule has 4 rings (SSSR count). The van der Waals surface area contributed by atoms with Crippen LogP contribution in [0.4, 0.5) is 4.39 Å². The molecule has 6 nitrogen and oxygen atoms in total. The van der Waals surface area contributed by atoms with E-state index < -0.39 is 5.97 Å². The first kappa shape index (κ1) is 18.5. The molecular weight excluding hydrogens is 377 g/mol. The molecule has 146 valence electrons. The van der Waals surface area contributed by atoms with E-state index in [1.54, 1.807) is 48.5 Å². The third-order valence-corrected chi connectivity index (χ3v) is 4.36. The molecule has 1 heterocycles. The number of fused-ring (bicyclic) bond motifs is 1. The van der Waals surface area contributed by atoms with Crippen molar-refractivity contribution in [2.45, 2.75) is 0 Å². The fraction of sp³-hybridized carbons (Fsp3) is 0.0909. The maximum absolute atomic E-state index is 13.1. The van der Waals surface area contributed by atoms with Gasteiger partial charge in [-0.2, -0.15) is 0 Å². The van der Waals surface area contributed by atoms with E-state index in [1.807, 2.05) is 0 Å². The van der Waals surface area contributed by atoms with Crippen LogP contribution in [-0.2, 0) is 0 Å². The summed E-state index contributed by atoms with van der Waals surface area (Å²) >= 11 is 0. The number of nitrogens with zero attached hydrogens (tertiary/aromatic N) is 1. The highest BCUT2D eigenvalue weighted by Gasteiger charge is 2.15. The van der Waals surface area contributed by atoms with Gasteiger partial charge in [0.15, 0.2) is 5.58 Å². The van der Waals surface area contributed by atoms with Crippen LogP contribution in [0.2, 0.25) is 0 Å². The molecule has 0 aliphatic rings. The average molecular weight is 393 g/mol. The van der Waals surface area contributed by atoms with Gasteiger partial charge < -0.3 is 18.7 Å². The van der Waals surface area contributed by atoms with Crippen molar-refractivity contribution >= 4 is 16.9 Å². The molecule has 0 radical (unpaired) electrons. The summed E-state index contributed by atoms with van der Waals surface area (Å²) in [5.74, 6) is 0.354. The largest absolute Gasteiger partial charge is 0.497 e. The predicted molar refractivity (Wildman–Crippen MR) is 104 cm³/mol. The Balaban J connectivity index is 1.61. The molecule has 0 unspecified atom stereocenters. The lowest BCUT2D eigenvalue weighted by molar-refractivity contribution is 0.0734. The van der Waals surface area contributed by atoms with Crippen LogP contribution in [-0.4, -0.2) is 25.3 Å². The number of hydrogen-bond acceptors (Lipinski definition) is 6. The lowest BCUT2D eigenvalue weighted by Gasteiger charge is -2.08. The van der Waals surface area contributed by atoms with Crippen LogP contribution in [0.5, 0.6) is 17.2 Å². The number of esters is 1. The quantitative estimate of drug-likeness (QED) is 0.356. The number of methoxy groups -OCH3 is 2. The summed E-state index contributed by atoms with van der Waals surface area (Å²) in [5, 5.41) is 4.77. The van der Waals surface area contributed by atoms with Gasteiger partial charge in [-0.15, -0.1) is 0 Å². The third-order valence-electron chi connectivity index (χ3n) is 4.36. The number of carbonyl (C=O) groups is 1. The van der Waals surface area contributed by atoms with Crippen molar-refractivity contribution in [1.82, 2.24) is 5.16 Å². The van der Waals surface area contributed by atoms with E-state index in [4.69, 9.17) is 18.7 Å². The molecule has 0 aliphatic heterocycles. The minimum Gasteiger partial charge on any atom is -0.497 e. The van der Waals surface area contributed by atoms with E-state index >= 15 is 0 Å². The monoisotopic (exact) mass is 393 g/mol. The highest BCUT2D eigenvalue weighted by Crippen LogP contribution is 2.31. The van der Waals surface area contributed by atoms with Crippen LogP contribution in [0.15, 0.2) is 65.2 Å². The Kier molecular flexibility index (Phi) is 4.87. The summed E-state index contributed by atoms with van der Waals surface area (Å²) in [6.45, 7) is 0. The highest BCUT2D eigenvalue weighted by atomic mass is 19.1. The Morgan fingerprint density at radius 3 is 2.24 bits per heavy atom.